The largest absolute Gasteiger partial charge is 0.347 e. The number of fused-ring (bicyclic) bond motifs is 1. The Bertz CT molecular complexity index is 1150. The number of rotatable bonds is 6. The van der Waals surface area contributed by atoms with Crippen LogP contribution in [0.4, 0.5) is 5.69 Å². The minimum atomic E-state index is -0.304. The summed E-state index contributed by atoms with van der Waals surface area (Å²) >= 11 is 4.85. The number of halogens is 1. The van der Waals surface area contributed by atoms with E-state index >= 15 is 0 Å². The number of benzene rings is 1. The van der Waals surface area contributed by atoms with Gasteiger partial charge in [-0.05, 0) is 50.1 Å². The third-order valence-corrected chi connectivity index (χ3v) is 6.18. The molecule has 0 radical (unpaired) electrons. The number of aromatic amines is 1. The number of hydrogen-bond donors (Lipinski definition) is 3. The first-order valence-corrected chi connectivity index (χ1v) is 10.7. The molecule has 1 aromatic carbocycles. The topological polar surface area (TPSA) is 104 Å². The molecule has 0 aliphatic rings. The van der Waals surface area contributed by atoms with Gasteiger partial charge >= 0.3 is 0 Å². The molecule has 0 unspecified atom stereocenters. The summed E-state index contributed by atoms with van der Waals surface area (Å²) in [5.41, 5.74) is 2.37. The Morgan fingerprint density at radius 2 is 1.97 bits per heavy atom. The zero-order valence-corrected chi connectivity index (χ0v) is 18.7. The molecule has 2 aromatic heterocycles. The molecule has 2 heterocycles. The van der Waals surface area contributed by atoms with E-state index in [-0.39, 0.29) is 30.3 Å². The van der Waals surface area contributed by atoms with E-state index < -0.39 is 0 Å². The molecule has 0 aliphatic heterocycles. The first-order valence-electron chi connectivity index (χ1n) is 9.06. The highest BCUT2D eigenvalue weighted by Gasteiger charge is 2.13. The summed E-state index contributed by atoms with van der Waals surface area (Å²) in [6.45, 7) is 5.62. The van der Waals surface area contributed by atoms with Crippen molar-refractivity contribution < 1.29 is 9.59 Å². The van der Waals surface area contributed by atoms with Crippen LogP contribution in [0.1, 0.15) is 28.2 Å². The molecule has 0 bridgehead atoms. The van der Waals surface area contributed by atoms with E-state index in [0.717, 1.165) is 20.5 Å². The smallest absolute Gasteiger partial charge is 0.259 e. The van der Waals surface area contributed by atoms with E-state index in [9.17, 15) is 14.4 Å². The predicted molar refractivity (Wildman–Crippen MR) is 119 cm³/mol. The van der Waals surface area contributed by atoms with Gasteiger partial charge in [0.05, 0.1) is 11.9 Å². The molecule has 3 rings (SSSR count). The Labute approximate surface area is 180 Å². The van der Waals surface area contributed by atoms with Crippen LogP contribution in [0.5, 0.6) is 0 Å². The normalized spacial score (nSPS) is 10.9. The van der Waals surface area contributed by atoms with Crippen LogP contribution < -0.4 is 16.2 Å². The summed E-state index contributed by atoms with van der Waals surface area (Å²) in [6, 6.07) is 5.53. The van der Waals surface area contributed by atoms with Gasteiger partial charge in [-0.1, -0.05) is 15.9 Å². The SMILES string of the molecule is Cc1cc(Br)ccc1NC(=O)CNC(=O)CCc1nc2sc(C)c(C)c2c(=O)[nH]1. The first-order chi connectivity index (χ1) is 13.7. The number of anilines is 1. The number of nitrogens with one attached hydrogen (secondary N) is 3. The van der Waals surface area contributed by atoms with Crippen molar-refractivity contribution in [3.63, 3.8) is 0 Å². The van der Waals surface area contributed by atoms with E-state index in [1.807, 2.05) is 32.9 Å². The number of thiophene rings is 1. The van der Waals surface area contributed by atoms with Crippen molar-refractivity contribution in [2.75, 3.05) is 11.9 Å². The number of nitrogens with zero attached hydrogens (tertiary/aromatic N) is 1. The Morgan fingerprint density at radius 1 is 1.21 bits per heavy atom. The van der Waals surface area contributed by atoms with Crippen molar-refractivity contribution >= 4 is 55.0 Å². The van der Waals surface area contributed by atoms with Gasteiger partial charge in [-0.15, -0.1) is 11.3 Å². The second kappa shape index (κ2) is 8.87. The highest BCUT2D eigenvalue weighted by Crippen LogP contribution is 2.25. The summed E-state index contributed by atoms with van der Waals surface area (Å²) in [5, 5.41) is 5.97. The van der Waals surface area contributed by atoms with Gasteiger partial charge in [-0.2, -0.15) is 0 Å². The number of amides is 2. The van der Waals surface area contributed by atoms with Crippen LogP contribution in [-0.2, 0) is 16.0 Å². The lowest BCUT2D eigenvalue weighted by Crippen LogP contribution is -2.33. The number of aromatic nitrogens is 2. The Kier molecular flexibility index (Phi) is 6.49. The van der Waals surface area contributed by atoms with Crippen LogP contribution >= 0.6 is 27.3 Å². The van der Waals surface area contributed by atoms with E-state index in [2.05, 4.69) is 36.5 Å². The third kappa shape index (κ3) is 5.10. The predicted octanol–water partition coefficient (Wildman–Crippen LogP) is 3.36. The lowest BCUT2D eigenvalue weighted by molar-refractivity contribution is -0.124. The molecular formula is C20H21BrN4O3S. The van der Waals surface area contributed by atoms with E-state index in [1.54, 1.807) is 6.07 Å². The molecule has 0 saturated heterocycles. The van der Waals surface area contributed by atoms with Crippen molar-refractivity contribution in [2.45, 2.75) is 33.6 Å². The van der Waals surface area contributed by atoms with Crippen LogP contribution in [0.3, 0.4) is 0 Å². The summed E-state index contributed by atoms with van der Waals surface area (Å²) in [5.74, 6) is -0.121. The van der Waals surface area contributed by atoms with Gasteiger partial charge in [0.15, 0.2) is 0 Å². The highest BCUT2D eigenvalue weighted by atomic mass is 79.9. The van der Waals surface area contributed by atoms with Gasteiger partial charge in [-0.3, -0.25) is 14.4 Å². The van der Waals surface area contributed by atoms with Crippen molar-refractivity contribution in [1.29, 1.82) is 0 Å². The standard InChI is InChI=1S/C20H21BrN4O3S/c1-10-8-13(21)4-5-14(10)23-17(27)9-22-16(26)7-6-15-24-19(28)18-11(2)12(3)29-20(18)25-15/h4-5,8H,6-7,9H2,1-3H3,(H,22,26)(H,23,27)(H,24,25,28). The van der Waals surface area contributed by atoms with Crippen LogP contribution in [0.15, 0.2) is 27.5 Å². The molecule has 152 valence electrons. The van der Waals surface area contributed by atoms with Crippen LogP contribution in [-0.4, -0.2) is 28.3 Å². The second-order valence-corrected chi connectivity index (χ2v) is 8.88. The van der Waals surface area contributed by atoms with Crippen LogP contribution in [0, 0.1) is 20.8 Å². The number of carbonyl (C=O) groups excluding carboxylic acids is 2. The molecule has 0 aliphatic carbocycles. The summed E-state index contributed by atoms with van der Waals surface area (Å²) in [7, 11) is 0. The van der Waals surface area contributed by atoms with Crippen molar-refractivity contribution in [1.82, 2.24) is 15.3 Å². The summed E-state index contributed by atoms with van der Waals surface area (Å²) in [6.07, 6.45) is 0.419. The lowest BCUT2D eigenvalue weighted by Gasteiger charge is -2.09. The molecule has 7 nitrogen and oxygen atoms in total. The summed E-state index contributed by atoms with van der Waals surface area (Å²) in [4.78, 5) is 45.3. The molecule has 2 amide bonds. The first kappa shape index (κ1) is 21.2. The molecule has 0 atom stereocenters. The zero-order valence-electron chi connectivity index (χ0n) is 16.3. The van der Waals surface area contributed by atoms with E-state index in [1.165, 1.54) is 11.3 Å². The maximum Gasteiger partial charge on any atom is 0.259 e. The minimum absolute atomic E-state index is 0.124. The average molecular weight is 477 g/mol. The van der Waals surface area contributed by atoms with Gasteiger partial charge in [0.25, 0.3) is 5.56 Å². The Hall–Kier alpha value is -2.52. The Morgan fingerprint density at radius 3 is 2.69 bits per heavy atom. The number of aryl methyl sites for hydroxylation is 4. The second-order valence-electron chi connectivity index (χ2n) is 6.76. The third-order valence-electron chi connectivity index (χ3n) is 4.59. The van der Waals surface area contributed by atoms with E-state index in [0.29, 0.717) is 28.1 Å². The number of H-pyrrole nitrogens is 1. The molecular weight excluding hydrogens is 456 g/mol. The van der Waals surface area contributed by atoms with E-state index in [4.69, 9.17) is 0 Å². The van der Waals surface area contributed by atoms with Gasteiger partial charge in [0.2, 0.25) is 11.8 Å². The number of hydrogen-bond acceptors (Lipinski definition) is 5. The zero-order chi connectivity index (χ0) is 21.1. The average Bonchev–Trinajstić information content (AvgIpc) is 2.95. The van der Waals surface area contributed by atoms with Gasteiger partial charge < -0.3 is 15.6 Å². The minimum Gasteiger partial charge on any atom is -0.347 e. The fourth-order valence-corrected chi connectivity index (χ4v) is 4.40. The Balaban J connectivity index is 1.53. The van der Waals surface area contributed by atoms with Gasteiger partial charge in [-0.25, -0.2) is 4.98 Å². The van der Waals surface area contributed by atoms with Crippen molar-refractivity contribution in [2.24, 2.45) is 0 Å². The maximum atomic E-state index is 12.3. The monoisotopic (exact) mass is 476 g/mol. The summed E-state index contributed by atoms with van der Waals surface area (Å²) < 4.78 is 0.930. The quantitative estimate of drug-likeness (QED) is 0.507. The molecule has 0 spiro atoms. The highest BCUT2D eigenvalue weighted by molar-refractivity contribution is 9.10. The maximum absolute atomic E-state index is 12.3. The molecule has 3 N–H and O–H groups in total. The fraction of sp³-hybridized carbons (Fsp3) is 0.300. The van der Waals surface area contributed by atoms with Crippen molar-refractivity contribution in [3.8, 4) is 0 Å². The molecule has 29 heavy (non-hydrogen) atoms. The van der Waals surface area contributed by atoms with Crippen LogP contribution in [0.25, 0.3) is 10.2 Å². The lowest BCUT2D eigenvalue weighted by atomic mass is 10.2. The number of carbonyl (C=O) groups is 2. The fourth-order valence-electron chi connectivity index (χ4n) is 2.88. The van der Waals surface area contributed by atoms with Gasteiger partial charge in [0.1, 0.15) is 10.7 Å². The molecule has 0 fully saturated rings. The van der Waals surface area contributed by atoms with Crippen LogP contribution in [0.2, 0.25) is 0 Å². The molecule has 0 saturated carbocycles. The molecule has 9 heteroatoms. The van der Waals surface area contributed by atoms with Gasteiger partial charge in [0, 0.05) is 27.9 Å². The molecule has 3 aromatic rings. The van der Waals surface area contributed by atoms with Crippen molar-refractivity contribution in [3.05, 3.63) is 54.9 Å².